The fourth-order valence-electron chi connectivity index (χ4n) is 0.984. The number of hydrogen-bond acceptors (Lipinski definition) is 4. The van der Waals surface area contributed by atoms with Crippen molar-refractivity contribution in [3.63, 3.8) is 0 Å². The highest BCUT2D eigenvalue weighted by atomic mass is 16.1. The summed E-state index contributed by atoms with van der Waals surface area (Å²) in [5.41, 5.74) is 0. The molecule has 0 spiro atoms. The van der Waals surface area contributed by atoms with Gasteiger partial charge < -0.3 is 10.6 Å². The zero-order chi connectivity index (χ0) is 10.4. The molecule has 0 aliphatic heterocycles. The van der Waals surface area contributed by atoms with Crippen LogP contribution in [0.3, 0.4) is 0 Å². The Morgan fingerprint density at radius 1 is 1.57 bits per heavy atom. The predicted octanol–water partition coefficient (Wildman–Crippen LogP) is 0.333. The van der Waals surface area contributed by atoms with Crippen molar-refractivity contribution in [2.45, 2.75) is 13.3 Å². The van der Waals surface area contributed by atoms with E-state index in [0.717, 1.165) is 11.6 Å². The molecule has 1 rings (SSSR count). The lowest BCUT2D eigenvalue weighted by Crippen LogP contribution is -2.21. The summed E-state index contributed by atoms with van der Waals surface area (Å²) in [5.74, 6) is 1.49. The maximum absolute atomic E-state index is 10.9. The molecule has 5 heteroatoms. The third-order valence-electron chi connectivity index (χ3n) is 1.71. The molecule has 1 aromatic heterocycles. The molecule has 76 valence electrons. The molecule has 1 aromatic rings. The monoisotopic (exact) mass is 194 g/mol. The van der Waals surface area contributed by atoms with Crippen molar-refractivity contribution in [1.82, 2.24) is 15.3 Å². The zero-order valence-corrected chi connectivity index (χ0v) is 8.37. The summed E-state index contributed by atoms with van der Waals surface area (Å²) in [5, 5.41) is 5.59. The van der Waals surface area contributed by atoms with E-state index in [0.29, 0.717) is 13.0 Å². The van der Waals surface area contributed by atoms with Gasteiger partial charge in [0.05, 0.1) is 0 Å². The van der Waals surface area contributed by atoms with Gasteiger partial charge in [0.1, 0.15) is 11.6 Å². The predicted molar refractivity (Wildman–Crippen MR) is 53.9 cm³/mol. The standard InChI is InChI=1S/C9H14N4O/c1-7-11-5-3-8(13-7)12-6-4-9(14)10-2/h3,5H,4,6H2,1-2H3,(H,10,14)(H,11,12,13). The van der Waals surface area contributed by atoms with Gasteiger partial charge in [0.25, 0.3) is 0 Å². The Kier molecular flexibility index (Phi) is 3.84. The summed E-state index contributed by atoms with van der Waals surface area (Å²) >= 11 is 0. The molecule has 0 aliphatic rings. The summed E-state index contributed by atoms with van der Waals surface area (Å²) < 4.78 is 0. The Morgan fingerprint density at radius 2 is 2.36 bits per heavy atom. The van der Waals surface area contributed by atoms with Crippen LogP contribution in [0.15, 0.2) is 12.3 Å². The molecular weight excluding hydrogens is 180 g/mol. The highest BCUT2D eigenvalue weighted by Crippen LogP contribution is 2.00. The highest BCUT2D eigenvalue weighted by Gasteiger charge is 1.98. The molecule has 1 amide bonds. The van der Waals surface area contributed by atoms with E-state index in [1.807, 2.05) is 6.92 Å². The van der Waals surface area contributed by atoms with Crippen molar-refractivity contribution in [3.05, 3.63) is 18.1 Å². The second-order valence-electron chi connectivity index (χ2n) is 2.84. The molecule has 0 aromatic carbocycles. The molecule has 14 heavy (non-hydrogen) atoms. The molecule has 5 nitrogen and oxygen atoms in total. The molecule has 0 unspecified atom stereocenters. The minimum absolute atomic E-state index is 0.0169. The van der Waals surface area contributed by atoms with Crippen molar-refractivity contribution >= 4 is 11.7 Å². The van der Waals surface area contributed by atoms with Gasteiger partial charge in [-0.25, -0.2) is 9.97 Å². The lowest BCUT2D eigenvalue weighted by atomic mass is 10.4. The number of aromatic nitrogens is 2. The van der Waals surface area contributed by atoms with E-state index >= 15 is 0 Å². The number of amides is 1. The van der Waals surface area contributed by atoms with Gasteiger partial charge in [0.2, 0.25) is 5.91 Å². The summed E-state index contributed by atoms with van der Waals surface area (Å²) in [4.78, 5) is 19.0. The molecule has 0 saturated carbocycles. The number of rotatable bonds is 4. The molecule has 0 radical (unpaired) electrons. The van der Waals surface area contributed by atoms with Gasteiger partial charge in [-0.05, 0) is 13.0 Å². The summed E-state index contributed by atoms with van der Waals surface area (Å²) in [6, 6.07) is 1.77. The maximum atomic E-state index is 10.9. The SMILES string of the molecule is CNC(=O)CCNc1ccnc(C)n1. The van der Waals surface area contributed by atoms with Gasteiger partial charge in [0, 0.05) is 26.2 Å². The summed E-state index contributed by atoms with van der Waals surface area (Å²) in [6.07, 6.45) is 2.13. The van der Waals surface area contributed by atoms with Crippen LogP contribution in [0.1, 0.15) is 12.2 Å². The van der Waals surface area contributed by atoms with Crippen LogP contribution in [-0.2, 0) is 4.79 Å². The second-order valence-corrected chi connectivity index (χ2v) is 2.84. The quantitative estimate of drug-likeness (QED) is 0.725. The van der Waals surface area contributed by atoms with E-state index in [1.165, 1.54) is 0 Å². The van der Waals surface area contributed by atoms with Gasteiger partial charge in [-0.15, -0.1) is 0 Å². The number of carbonyl (C=O) groups excluding carboxylic acids is 1. The Labute approximate surface area is 83.0 Å². The van der Waals surface area contributed by atoms with Gasteiger partial charge in [0.15, 0.2) is 0 Å². The van der Waals surface area contributed by atoms with Gasteiger partial charge >= 0.3 is 0 Å². The number of hydrogen-bond donors (Lipinski definition) is 2. The van der Waals surface area contributed by atoms with Crippen LogP contribution in [0.25, 0.3) is 0 Å². The Balaban J connectivity index is 2.35. The summed E-state index contributed by atoms with van der Waals surface area (Å²) in [7, 11) is 1.62. The fraction of sp³-hybridized carbons (Fsp3) is 0.444. The molecule has 0 fully saturated rings. The smallest absolute Gasteiger partial charge is 0.221 e. The van der Waals surface area contributed by atoms with Crippen molar-refractivity contribution in [2.75, 3.05) is 18.9 Å². The molecule has 0 saturated heterocycles. The van der Waals surface area contributed by atoms with Crippen LogP contribution in [0.2, 0.25) is 0 Å². The lowest BCUT2D eigenvalue weighted by Gasteiger charge is -2.04. The second kappa shape index (κ2) is 5.16. The Hall–Kier alpha value is -1.65. The normalized spacial score (nSPS) is 9.57. The van der Waals surface area contributed by atoms with Gasteiger partial charge in [-0.3, -0.25) is 4.79 Å². The third kappa shape index (κ3) is 3.38. The first kappa shape index (κ1) is 10.4. The average Bonchev–Trinajstić information content (AvgIpc) is 2.17. The first-order valence-corrected chi connectivity index (χ1v) is 4.46. The van der Waals surface area contributed by atoms with Crippen LogP contribution >= 0.6 is 0 Å². The van der Waals surface area contributed by atoms with Crippen LogP contribution in [-0.4, -0.2) is 29.5 Å². The van der Waals surface area contributed by atoms with Crippen molar-refractivity contribution in [1.29, 1.82) is 0 Å². The minimum Gasteiger partial charge on any atom is -0.369 e. The highest BCUT2D eigenvalue weighted by molar-refractivity contribution is 5.75. The zero-order valence-electron chi connectivity index (χ0n) is 8.37. The molecule has 2 N–H and O–H groups in total. The van der Waals surface area contributed by atoms with Gasteiger partial charge in [-0.1, -0.05) is 0 Å². The number of nitrogens with zero attached hydrogens (tertiary/aromatic N) is 2. The van der Waals surface area contributed by atoms with Crippen LogP contribution < -0.4 is 10.6 Å². The Bertz CT molecular complexity index is 313. The van der Waals surface area contributed by atoms with E-state index in [2.05, 4.69) is 20.6 Å². The average molecular weight is 194 g/mol. The van der Waals surface area contributed by atoms with Crippen molar-refractivity contribution in [3.8, 4) is 0 Å². The number of nitrogens with one attached hydrogen (secondary N) is 2. The van der Waals surface area contributed by atoms with Gasteiger partial charge in [-0.2, -0.15) is 0 Å². The van der Waals surface area contributed by atoms with E-state index in [4.69, 9.17) is 0 Å². The van der Waals surface area contributed by atoms with E-state index in [1.54, 1.807) is 19.3 Å². The number of aryl methyl sites for hydroxylation is 1. The topological polar surface area (TPSA) is 66.9 Å². The maximum Gasteiger partial charge on any atom is 0.221 e. The molecular formula is C9H14N4O. The molecule has 1 heterocycles. The van der Waals surface area contributed by atoms with Crippen LogP contribution in [0.4, 0.5) is 5.82 Å². The van der Waals surface area contributed by atoms with E-state index in [9.17, 15) is 4.79 Å². The number of anilines is 1. The fourth-order valence-corrected chi connectivity index (χ4v) is 0.984. The third-order valence-corrected chi connectivity index (χ3v) is 1.71. The minimum atomic E-state index is 0.0169. The van der Waals surface area contributed by atoms with Crippen molar-refractivity contribution < 1.29 is 4.79 Å². The molecule has 0 bridgehead atoms. The van der Waals surface area contributed by atoms with Crippen LogP contribution in [0, 0.1) is 6.92 Å². The molecule has 0 aliphatic carbocycles. The summed E-state index contributed by atoms with van der Waals surface area (Å²) in [6.45, 7) is 2.40. The number of carbonyl (C=O) groups is 1. The van der Waals surface area contributed by atoms with Crippen molar-refractivity contribution in [2.24, 2.45) is 0 Å². The first-order valence-electron chi connectivity index (χ1n) is 4.46. The largest absolute Gasteiger partial charge is 0.369 e. The van der Waals surface area contributed by atoms with Crippen LogP contribution in [0.5, 0.6) is 0 Å². The van der Waals surface area contributed by atoms with E-state index < -0.39 is 0 Å². The van der Waals surface area contributed by atoms with E-state index in [-0.39, 0.29) is 5.91 Å². The molecule has 0 atom stereocenters. The first-order chi connectivity index (χ1) is 6.72. The Morgan fingerprint density at radius 3 is 3.00 bits per heavy atom. The lowest BCUT2D eigenvalue weighted by molar-refractivity contribution is -0.120.